The van der Waals surface area contributed by atoms with E-state index in [9.17, 15) is 9.59 Å². The van der Waals surface area contributed by atoms with Crippen molar-refractivity contribution in [1.29, 1.82) is 5.26 Å². The van der Waals surface area contributed by atoms with Gasteiger partial charge in [-0.15, -0.1) is 0 Å². The lowest BCUT2D eigenvalue weighted by Gasteiger charge is -2.31. The van der Waals surface area contributed by atoms with Crippen molar-refractivity contribution in [1.82, 2.24) is 19.6 Å². The van der Waals surface area contributed by atoms with Crippen LogP contribution in [-0.4, -0.2) is 57.6 Å². The lowest BCUT2D eigenvalue weighted by molar-refractivity contribution is 0.0711. The van der Waals surface area contributed by atoms with Crippen molar-refractivity contribution in [2.45, 2.75) is 38.6 Å². The van der Waals surface area contributed by atoms with Crippen molar-refractivity contribution < 1.29 is 9.59 Å². The maximum absolute atomic E-state index is 12.7. The normalized spacial score (nSPS) is 17.6. The van der Waals surface area contributed by atoms with Gasteiger partial charge >= 0.3 is 0 Å². The molecule has 0 saturated carbocycles. The summed E-state index contributed by atoms with van der Waals surface area (Å²) in [7, 11) is 0. The van der Waals surface area contributed by atoms with Crippen LogP contribution in [0.3, 0.4) is 0 Å². The molecule has 0 bridgehead atoms. The molecule has 0 unspecified atom stereocenters. The molecule has 7 nitrogen and oxygen atoms in total. The number of hydrogen-bond acceptors (Lipinski definition) is 4. The Morgan fingerprint density at radius 1 is 1.17 bits per heavy atom. The van der Waals surface area contributed by atoms with Crippen LogP contribution in [0, 0.1) is 11.3 Å². The largest absolute Gasteiger partial charge is 0.339 e. The van der Waals surface area contributed by atoms with Crippen LogP contribution in [0.2, 0.25) is 0 Å². The summed E-state index contributed by atoms with van der Waals surface area (Å²) in [5.74, 6) is 0.335. The highest BCUT2D eigenvalue weighted by Gasteiger charge is 2.29. The Kier molecular flexibility index (Phi) is 5.34. The fraction of sp³-hybridized carbons (Fsp3) is 0.455. The van der Waals surface area contributed by atoms with Gasteiger partial charge in [0.1, 0.15) is 5.69 Å². The summed E-state index contributed by atoms with van der Waals surface area (Å²) in [5, 5.41) is 13.6. The average Bonchev–Trinajstić information content (AvgIpc) is 3.14. The van der Waals surface area contributed by atoms with Crippen LogP contribution in [0.15, 0.2) is 30.3 Å². The van der Waals surface area contributed by atoms with E-state index in [0.717, 1.165) is 44.6 Å². The number of fused-ring (bicyclic) bond motifs is 1. The Hall–Kier alpha value is -3.14. The first-order chi connectivity index (χ1) is 14.1. The predicted molar refractivity (Wildman–Crippen MR) is 107 cm³/mol. The van der Waals surface area contributed by atoms with E-state index in [0.29, 0.717) is 29.9 Å². The van der Waals surface area contributed by atoms with Crippen LogP contribution in [0.25, 0.3) is 0 Å². The number of nitrogens with zero attached hydrogens (tertiary/aromatic N) is 5. The summed E-state index contributed by atoms with van der Waals surface area (Å²) in [5.41, 5.74) is 2.82. The molecule has 1 aromatic carbocycles. The summed E-state index contributed by atoms with van der Waals surface area (Å²) in [6.45, 7) is 5.61. The number of hydrogen-bond donors (Lipinski definition) is 0. The van der Waals surface area contributed by atoms with E-state index in [1.807, 2.05) is 27.5 Å². The van der Waals surface area contributed by atoms with E-state index in [-0.39, 0.29) is 17.7 Å². The fourth-order valence-corrected chi connectivity index (χ4v) is 4.20. The third-order valence-electron chi connectivity index (χ3n) is 5.95. The molecule has 2 aliphatic heterocycles. The highest BCUT2D eigenvalue weighted by atomic mass is 16.2. The fourth-order valence-electron chi connectivity index (χ4n) is 4.20. The maximum Gasteiger partial charge on any atom is 0.272 e. The lowest BCUT2D eigenvalue weighted by atomic mass is 9.93. The summed E-state index contributed by atoms with van der Waals surface area (Å²) in [6, 6.07) is 10.8. The zero-order chi connectivity index (χ0) is 20.4. The minimum Gasteiger partial charge on any atom is -0.339 e. The van der Waals surface area contributed by atoms with E-state index in [1.165, 1.54) is 0 Å². The first kappa shape index (κ1) is 19.2. The van der Waals surface area contributed by atoms with Crippen LogP contribution in [0.5, 0.6) is 0 Å². The van der Waals surface area contributed by atoms with Gasteiger partial charge in [0.2, 0.25) is 0 Å². The first-order valence-corrected chi connectivity index (χ1v) is 10.3. The minimum absolute atomic E-state index is 0.00216. The number of aromatic nitrogens is 2. The molecule has 0 N–H and O–H groups in total. The third-order valence-corrected chi connectivity index (χ3v) is 5.95. The molecule has 0 aliphatic carbocycles. The molecule has 1 aromatic heterocycles. The molecule has 3 heterocycles. The van der Waals surface area contributed by atoms with Gasteiger partial charge in [0, 0.05) is 44.2 Å². The van der Waals surface area contributed by atoms with Crippen molar-refractivity contribution in [3.8, 4) is 6.07 Å². The number of carbonyl (C=O) groups is 2. The van der Waals surface area contributed by atoms with Crippen LogP contribution >= 0.6 is 0 Å². The summed E-state index contributed by atoms with van der Waals surface area (Å²) in [4.78, 5) is 29.2. The smallest absolute Gasteiger partial charge is 0.272 e. The molecular formula is C22H25N5O2. The second-order valence-corrected chi connectivity index (χ2v) is 7.67. The van der Waals surface area contributed by atoms with Gasteiger partial charge in [0.15, 0.2) is 0 Å². The number of benzene rings is 1. The van der Waals surface area contributed by atoms with Gasteiger partial charge < -0.3 is 9.80 Å². The molecule has 150 valence electrons. The van der Waals surface area contributed by atoms with Crippen molar-refractivity contribution in [3.05, 3.63) is 52.8 Å². The van der Waals surface area contributed by atoms with Crippen molar-refractivity contribution in [3.63, 3.8) is 0 Å². The Morgan fingerprint density at radius 2 is 1.90 bits per heavy atom. The molecule has 0 atom stereocenters. The van der Waals surface area contributed by atoms with E-state index >= 15 is 0 Å². The summed E-state index contributed by atoms with van der Waals surface area (Å²) < 4.78 is 1.86. The van der Waals surface area contributed by atoms with Gasteiger partial charge in [0.25, 0.3) is 11.8 Å². The number of carbonyl (C=O) groups excluding carboxylic acids is 2. The number of rotatable bonds is 3. The van der Waals surface area contributed by atoms with Gasteiger partial charge in [-0.1, -0.05) is 0 Å². The monoisotopic (exact) mass is 391 g/mol. The minimum atomic E-state index is 0.00216. The Balaban J connectivity index is 1.42. The topological polar surface area (TPSA) is 82.2 Å². The standard InChI is InChI=1S/C22H25N5O2/c1-2-25-10-3-11-27-20(22(25)29)14-19(24-27)17-8-12-26(13-9-17)21(28)18-6-4-16(15-23)5-7-18/h4-7,14,17H,2-3,8-13H2,1H3. The predicted octanol–water partition coefficient (Wildman–Crippen LogP) is 2.64. The van der Waals surface area contributed by atoms with Crippen LogP contribution < -0.4 is 0 Å². The Bertz CT molecular complexity index is 949. The molecule has 1 fully saturated rings. The molecule has 2 aromatic rings. The third kappa shape index (κ3) is 3.75. The van der Waals surface area contributed by atoms with Crippen LogP contribution in [0.4, 0.5) is 0 Å². The molecule has 0 radical (unpaired) electrons. The Morgan fingerprint density at radius 3 is 2.55 bits per heavy atom. The molecular weight excluding hydrogens is 366 g/mol. The van der Waals surface area contributed by atoms with Gasteiger partial charge in [0.05, 0.1) is 17.3 Å². The molecule has 2 aliphatic rings. The maximum atomic E-state index is 12.7. The van der Waals surface area contributed by atoms with Crippen molar-refractivity contribution in [2.24, 2.45) is 0 Å². The van der Waals surface area contributed by atoms with Gasteiger partial charge in [-0.25, -0.2) is 0 Å². The molecule has 4 rings (SSSR count). The van der Waals surface area contributed by atoms with Crippen molar-refractivity contribution in [2.75, 3.05) is 26.2 Å². The van der Waals surface area contributed by atoms with Crippen molar-refractivity contribution >= 4 is 11.8 Å². The summed E-state index contributed by atoms with van der Waals surface area (Å²) in [6.07, 6.45) is 2.60. The molecule has 29 heavy (non-hydrogen) atoms. The molecule has 2 amide bonds. The molecule has 7 heteroatoms. The summed E-state index contributed by atoms with van der Waals surface area (Å²) >= 11 is 0. The number of likely N-dealkylation sites (tertiary alicyclic amines) is 1. The van der Waals surface area contributed by atoms with E-state index < -0.39 is 0 Å². The second-order valence-electron chi connectivity index (χ2n) is 7.67. The lowest BCUT2D eigenvalue weighted by Crippen LogP contribution is -2.38. The quantitative estimate of drug-likeness (QED) is 0.805. The zero-order valence-corrected chi connectivity index (χ0v) is 16.7. The number of nitriles is 1. The van der Waals surface area contributed by atoms with E-state index in [4.69, 9.17) is 10.4 Å². The molecule has 0 spiro atoms. The highest BCUT2D eigenvalue weighted by molar-refractivity contribution is 5.94. The number of piperidine rings is 1. The number of aryl methyl sites for hydroxylation is 1. The SMILES string of the molecule is CCN1CCCn2nc(C3CCN(C(=O)c4ccc(C#N)cc4)CC3)cc2C1=O. The van der Waals surface area contributed by atoms with E-state index in [2.05, 4.69) is 6.07 Å². The van der Waals surface area contributed by atoms with Gasteiger partial charge in [-0.2, -0.15) is 10.4 Å². The Labute approximate surface area is 170 Å². The number of amides is 2. The van der Waals surface area contributed by atoms with Crippen LogP contribution in [0.1, 0.15) is 64.2 Å². The van der Waals surface area contributed by atoms with Gasteiger partial charge in [-0.3, -0.25) is 14.3 Å². The first-order valence-electron chi connectivity index (χ1n) is 10.3. The highest BCUT2D eigenvalue weighted by Crippen LogP contribution is 2.29. The van der Waals surface area contributed by atoms with Crippen LogP contribution in [-0.2, 0) is 6.54 Å². The average molecular weight is 391 g/mol. The second kappa shape index (κ2) is 8.08. The van der Waals surface area contributed by atoms with Gasteiger partial charge in [-0.05, 0) is 56.5 Å². The zero-order valence-electron chi connectivity index (χ0n) is 16.7. The molecule has 1 saturated heterocycles. The van der Waals surface area contributed by atoms with E-state index in [1.54, 1.807) is 24.3 Å².